The molecule has 11 heteroatoms. The molecule has 2 heterocycles. The Kier molecular flexibility index (Phi) is 5.58. The van der Waals surface area contributed by atoms with Gasteiger partial charge in [0.25, 0.3) is 5.91 Å². The molecular formula is C19H16F2N4O3S2. The van der Waals surface area contributed by atoms with Gasteiger partial charge in [-0.2, -0.15) is 4.31 Å². The van der Waals surface area contributed by atoms with Crippen molar-refractivity contribution in [2.75, 3.05) is 11.9 Å². The second-order valence-electron chi connectivity index (χ2n) is 6.61. The number of nitrogens with one attached hydrogen (secondary N) is 1. The minimum absolute atomic E-state index is 0.0180. The van der Waals surface area contributed by atoms with Crippen molar-refractivity contribution in [3.8, 4) is 0 Å². The largest absolute Gasteiger partial charge is 0.320 e. The fourth-order valence-electron chi connectivity index (χ4n) is 3.27. The summed E-state index contributed by atoms with van der Waals surface area (Å²) in [5, 5.41) is 10.7. The van der Waals surface area contributed by atoms with Crippen LogP contribution in [-0.4, -0.2) is 35.4 Å². The van der Waals surface area contributed by atoms with Crippen LogP contribution in [0.3, 0.4) is 0 Å². The Bertz CT molecular complexity index is 1200. The molecule has 1 amide bonds. The predicted molar refractivity (Wildman–Crippen MR) is 107 cm³/mol. The molecule has 1 aliphatic heterocycles. The number of sulfonamides is 1. The molecule has 1 unspecified atom stereocenters. The number of amides is 1. The van der Waals surface area contributed by atoms with Crippen LogP contribution >= 0.6 is 11.3 Å². The molecule has 0 spiro atoms. The van der Waals surface area contributed by atoms with Gasteiger partial charge in [-0.15, -0.1) is 10.2 Å². The van der Waals surface area contributed by atoms with Crippen LogP contribution in [0.25, 0.3) is 0 Å². The zero-order valence-electron chi connectivity index (χ0n) is 15.5. The van der Waals surface area contributed by atoms with E-state index >= 15 is 0 Å². The highest BCUT2D eigenvalue weighted by Crippen LogP contribution is 2.38. The number of benzene rings is 2. The van der Waals surface area contributed by atoms with Crippen LogP contribution in [0.4, 0.5) is 14.5 Å². The van der Waals surface area contributed by atoms with Gasteiger partial charge in [0.05, 0.1) is 6.04 Å². The number of rotatable bonds is 5. The molecule has 0 saturated carbocycles. The smallest absolute Gasteiger partial charge is 0.286 e. The molecule has 0 bridgehead atoms. The summed E-state index contributed by atoms with van der Waals surface area (Å²) >= 11 is 0.953. The lowest BCUT2D eigenvalue weighted by Crippen LogP contribution is -2.31. The molecule has 4 rings (SSSR count). The van der Waals surface area contributed by atoms with E-state index in [1.807, 2.05) is 0 Å². The Balaban J connectivity index is 1.56. The maximum absolute atomic E-state index is 14.1. The summed E-state index contributed by atoms with van der Waals surface area (Å²) in [7, 11) is -4.08. The number of hydrogen-bond acceptors (Lipinski definition) is 6. The predicted octanol–water partition coefficient (Wildman–Crippen LogP) is 3.59. The summed E-state index contributed by atoms with van der Waals surface area (Å²) in [6, 6.07) is 9.97. The van der Waals surface area contributed by atoms with Crippen molar-refractivity contribution in [3.63, 3.8) is 0 Å². The average molecular weight is 450 g/mol. The fraction of sp³-hybridized carbons (Fsp3) is 0.211. The topological polar surface area (TPSA) is 92.3 Å². The number of carbonyl (C=O) groups is 1. The van der Waals surface area contributed by atoms with E-state index in [0.29, 0.717) is 17.8 Å². The van der Waals surface area contributed by atoms with Gasteiger partial charge in [-0.25, -0.2) is 17.2 Å². The van der Waals surface area contributed by atoms with Gasteiger partial charge in [-0.3, -0.25) is 4.79 Å². The SMILES string of the molecule is O=C(Nc1cccc(F)c1)c1nnc(C2CCCN2S(=O)(=O)c2ccccc2F)s1. The molecule has 1 aliphatic rings. The standard InChI is InChI=1S/C19H16F2N4O3S2/c20-12-5-3-6-13(11-12)22-17(26)19-24-23-18(29-19)15-8-4-10-25(15)30(27,28)16-9-2-1-7-14(16)21/h1-3,5-7,9,11,15H,4,8,10H2,(H,22,26). The van der Waals surface area contributed by atoms with Crippen molar-refractivity contribution < 1.29 is 22.0 Å². The molecule has 0 radical (unpaired) electrons. The van der Waals surface area contributed by atoms with Gasteiger partial charge in [0.15, 0.2) is 0 Å². The number of hydrogen-bond donors (Lipinski definition) is 1. The number of carbonyl (C=O) groups excluding carboxylic acids is 1. The minimum atomic E-state index is -4.08. The van der Waals surface area contributed by atoms with Crippen molar-refractivity contribution in [2.24, 2.45) is 0 Å². The Labute approximate surface area is 175 Å². The van der Waals surface area contributed by atoms with Crippen LogP contribution in [0.5, 0.6) is 0 Å². The highest BCUT2D eigenvalue weighted by atomic mass is 32.2. The third kappa shape index (κ3) is 3.95. The van der Waals surface area contributed by atoms with Crippen LogP contribution in [-0.2, 0) is 10.0 Å². The number of anilines is 1. The van der Waals surface area contributed by atoms with Gasteiger partial charge in [-0.05, 0) is 43.2 Å². The Morgan fingerprint density at radius 2 is 1.93 bits per heavy atom. The van der Waals surface area contributed by atoms with E-state index in [1.165, 1.54) is 46.8 Å². The van der Waals surface area contributed by atoms with Gasteiger partial charge in [0.1, 0.15) is 21.5 Å². The van der Waals surface area contributed by atoms with Gasteiger partial charge < -0.3 is 5.32 Å². The van der Waals surface area contributed by atoms with E-state index in [0.717, 1.165) is 17.4 Å². The molecule has 7 nitrogen and oxygen atoms in total. The normalized spacial score (nSPS) is 17.2. The van der Waals surface area contributed by atoms with E-state index < -0.39 is 38.5 Å². The Morgan fingerprint density at radius 3 is 2.70 bits per heavy atom. The molecule has 156 valence electrons. The highest BCUT2D eigenvalue weighted by Gasteiger charge is 2.39. The molecule has 1 N–H and O–H groups in total. The molecular weight excluding hydrogens is 434 g/mol. The second-order valence-corrected chi connectivity index (χ2v) is 9.48. The third-order valence-corrected chi connectivity index (χ3v) is 7.59. The van der Waals surface area contributed by atoms with E-state index in [9.17, 15) is 22.0 Å². The first kappa shape index (κ1) is 20.5. The summed E-state index contributed by atoms with van der Waals surface area (Å²) in [6.45, 7) is 0.214. The molecule has 2 aromatic carbocycles. The van der Waals surface area contributed by atoms with E-state index in [4.69, 9.17) is 0 Å². The van der Waals surface area contributed by atoms with Gasteiger partial charge in [0.2, 0.25) is 15.0 Å². The van der Waals surface area contributed by atoms with E-state index in [2.05, 4.69) is 15.5 Å². The quantitative estimate of drug-likeness (QED) is 0.641. The first-order valence-electron chi connectivity index (χ1n) is 9.03. The van der Waals surface area contributed by atoms with Crippen molar-refractivity contribution in [3.05, 3.63) is 70.2 Å². The summed E-state index contributed by atoms with van der Waals surface area (Å²) in [6.07, 6.45) is 1.05. The van der Waals surface area contributed by atoms with E-state index in [-0.39, 0.29) is 17.2 Å². The van der Waals surface area contributed by atoms with Gasteiger partial charge in [-0.1, -0.05) is 29.5 Å². The summed E-state index contributed by atoms with van der Waals surface area (Å²) in [5.41, 5.74) is 0.265. The lowest BCUT2D eigenvalue weighted by atomic mass is 10.2. The van der Waals surface area contributed by atoms with Crippen LogP contribution in [0.15, 0.2) is 53.4 Å². The van der Waals surface area contributed by atoms with Crippen molar-refractivity contribution >= 4 is 33.0 Å². The van der Waals surface area contributed by atoms with Gasteiger partial charge in [0, 0.05) is 12.2 Å². The summed E-state index contributed by atoms with van der Waals surface area (Å²) < 4.78 is 54.5. The van der Waals surface area contributed by atoms with Crippen molar-refractivity contribution in [1.29, 1.82) is 0 Å². The zero-order chi connectivity index (χ0) is 21.3. The van der Waals surface area contributed by atoms with Crippen LogP contribution < -0.4 is 5.32 Å². The summed E-state index contributed by atoms with van der Waals surface area (Å²) in [4.78, 5) is 12.0. The molecule has 1 fully saturated rings. The third-order valence-electron chi connectivity index (χ3n) is 4.63. The second kappa shape index (κ2) is 8.17. The van der Waals surface area contributed by atoms with Crippen LogP contribution in [0.1, 0.15) is 33.7 Å². The molecule has 1 atom stereocenters. The number of aromatic nitrogens is 2. The maximum Gasteiger partial charge on any atom is 0.286 e. The summed E-state index contributed by atoms with van der Waals surface area (Å²) in [5.74, 6) is -1.90. The number of halogens is 2. The monoisotopic (exact) mass is 450 g/mol. The van der Waals surface area contributed by atoms with Crippen molar-refractivity contribution in [1.82, 2.24) is 14.5 Å². The van der Waals surface area contributed by atoms with Crippen LogP contribution in [0.2, 0.25) is 0 Å². The first-order valence-corrected chi connectivity index (χ1v) is 11.3. The van der Waals surface area contributed by atoms with E-state index in [1.54, 1.807) is 0 Å². The first-order chi connectivity index (χ1) is 14.4. The fourth-order valence-corrected chi connectivity index (χ4v) is 5.95. The maximum atomic E-state index is 14.1. The van der Waals surface area contributed by atoms with Crippen LogP contribution in [0, 0.1) is 11.6 Å². The lowest BCUT2D eigenvalue weighted by molar-refractivity contribution is 0.102. The molecule has 1 saturated heterocycles. The lowest BCUT2D eigenvalue weighted by Gasteiger charge is -2.22. The zero-order valence-corrected chi connectivity index (χ0v) is 17.1. The molecule has 30 heavy (non-hydrogen) atoms. The Hall–Kier alpha value is -2.76. The number of nitrogens with zero attached hydrogens (tertiary/aromatic N) is 3. The van der Waals surface area contributed by atoms with Crippen molar-refractivity contribution in [2.45, 2.75) is 23.8 Å². The molecule has 0 aliphatic carbocycles. The molecule has 1 aromatic heterocycles. The highest BCUT2D eigenvalue weighted by molar-refractivity contribution is 7.89. The Morgan fingerprint density at radius 1 is 1.13 bits per heavy atom. The van der Waals surface area contributed by atoms with Gasteiger partial charge >= 0.3 is 0 Å². The molecule has 3 aromatic rings. The average Bonchev–Trinajstić information content (AvgIpc) is 3.38. The minimum Gasteiger partial charge on any atom is -0.320 e.